The Morgan fingerprint density at radius 3 is 2.80 bits per heavy atom. The molecule has 1 aliphatic rings. The minimum atomic E-state index is -0.590. The van der Waals surface area contributed by atoms with Crippen LogP contribution in [0.2, 0.25) is 0 Å². The molecule has 0 aromatic carbocycles. The number of nitrogens with one attached hydrogen (secondary N) is 1. The van der Waals surface area contributed by atoms with Crippen molar-refractivity contribution in [2.45, 2.75) is 56.8 Å². The van der Waals surface area contributed by atoms with Crippen LogP contribution in [0.4, 0.5) is 5.82 Å². The van der Waals surface area contributed by atoms with Gasteiger partial charge in [0.1, 0.15) is 11.6 Å². The van der Waals surface area contributed by atoms with Crippen LogP contribution in [-0.2, 0) is 5.41 Å². The minimum Gasteiger partial charge on any atom is -0.387 e. The molecule has 1 aromatic rings. The zero-order valence-electron chi connectivity index (χ0n) is 12.8. The monoisotopic (exact) mass is 295 g/mol. The van der Waals surface area contributed by atoms with Gasteiger partial charge >= 0.3 is 0 Å². The molecule has 2 N–H and O–H groups in total. The lowest BCUT2D eigenvalue weighted by atomic mass is 9.79. The fourth-order valence-electron chi connectivity index (χ4n) is 2.30. The lowest BCUT2D eigenvalue weighted by molar-refractivity contribution is -0.0120. The van der Waals surface area contributed by atoms with Crippen molar-refractivity contribution < 1.29 is 5.11 Å². The first-order valence-electron chi connectivity index (χ1n) is 7.26. The van der Waals surface area contributed by atoms with E-state index >= 15 is 0 Å². The fraction of sp³-hybridized carbons (Fsp3) is 0.733. The number of anilines is 1. The second-order valence-corrected chi connectivity index (χ2v) is 7.93. The van der Waals surface area contributed by atoms with Crippen molar-refractivity contribution in [2.75, 3.05) is 17.6 Å². The first kappa shape index (κ1) is 15.6. The van der Waals surface area contributed by atoms with Crippen molar-refractivity contribution in [3.05, 3.63) is 18.1 Å². The Morgan fingerprint density at radius 2 is 2.25 bits per heavy atom. The van der Waals surface area contributed by atoms with E-state index in [0.717, 1.165) is 30.2 Å². The molecule has 2 unspecified atom stereocenters. The summed E-state index contributed by atoms with van der Waals surface area (Å²) in [6.07, 6.45) is 3.75. The summed E-state index contributed by atoms with van der Waals surface area (Å²) < 4.78 is 0. The van der Waals surface area contributed by atoms with Gasteiger partial charge in [0.15, 0.2) is 0 Å². The summed E-state index contributed by atoms with van der Waals surface area (Å²) >= 11 is 1.84. The molecular formula is C15H25N3OS. The van der Waals surface area contributed by atoms with Gasteiger partial charge in [0.05, 0.1) is 5.60 Å². The molecule has 1 aliphatic carbocycles. The molecule has 0 radical (unpaired) electrons. The number of aliphatic hydroxyl groups is 1. The molecule has 112 valence electrons. The fourth-order valence-corrected chi connectivity index (χ4v) is 3.50. The third kappa shape index (κ3) is 3.44. The number of nitrogens with zero attached hydrogens (tertiary/aromatic N) is 2. The molecule has 0 saturated heterocycles. The van der Waals surface area contributed by atoms with Gasteiger partial charge < -0.3 is 10.4 Å². The van der Waals surface area contributed by atoms with E-state index in [-0.39, 0.29) is 5.41 Å². The molecule has 4 nitrogen and oxygen atoms in total. The highest BCUT2D eigenvalue weighted by molar-refractivity contribution is 8.00. The Bertz CT molecular complexity index is 461. The van der Waals surface area contributed by atoms with Gasteiger partial charge in [-0.15, -0.1) is 0 Å². The Hall–Kier alpha value is -0.810. The van der Waals surface area contributed by atoms with Crippen molar-refractivity contribution in [2.24, 2.45) is 0 Å². The zero-order valence-corrected chi connectivity index (χ0v) is 13.6. The predicted molar refractivity (Wildman–Crippen MR) is 85.3 cm³/mol. The van der Waals surface area contributed by atoms with Gasteiger partial charge in [0, 0.05) is 23.4 Å². The molecule has 5 heteroatoms. The molecule has 0 aliphatic heterocycles. The molecule has 2 atom stereocenters. The van der Waals surface area contributed by atoms with E-state index in [0.29, 0.717) is 11.8 Å². The van der Waals surface area contributed by atoms with E-state index in [9.17, 15) is 5.11 Å². The zero-order chi connectivity index (χ0) is 14.8. The molecular weight excluding hydrogens is 270 g/mol. The van der Waals surface area contributed by atoms with Crippen LogP contribution in [0.3, 0.4) is 0 Å². The molecule has 0 bridgehead atoms. The number of hydrogen-bond acceptors (Lipinski definition) is 5. The molecule has 0 spiro atoms. The Morgan fingerprint density at radius 1 is 1.50 bits per heavy atom. The lowest BCUT2D eigenvalue weighted by Crippen LogP contribution is -2.54. The van der Waals surface area contributed by atoms with E-state index < -0.39 is 5.60 Å². The van der Waals surface area contributed by atoms with E-state index in [2.05, 4.69) is 43.0 Å². The van der Waals surface area contributed by atoms with Gasteiger partial charge in [-0.1, -0.05) is 27.7 Å². The van der Waals surface area contributed by atoms with Crippen LogP contribution in [0.1, 0.15) is 46.4 Å². The molecule has 1 fully saturated rings. The van der Waals surface area contributed by atoms with Gasteiger partial charge in [0.25, 0.3) is 0 Å². The standard InChI is InChI=1S/C15H25N3OS/c1-5-20-11-6-8-15(11,19)10-17-12-7-9-16-13(18-12)14(2,3)4/h7,9,11,19H,5-6,8,10H2,1-4H3,(H,16,17,18). The summed E-state index contributed by atoms with van der Waals surface area (Å²) in [7, 11) is 0. The first-order chi connectivity index (χ1) is 9.35. The first-order valence-corrected chi connectivity index (χ1v) is 8.31. The second kappa shape index (κ2) is 5.90. The van der Waals surface area contributed by atoms with Crippen LogP contribution in [-0.4, -0.2) is 38.2 Å². The SMILES string of the molecule is CCSC1CCC1(O)CNc1ccnc(C(C)(C)C)n1. The van der Waals surface area contributed by atoms with Crippen LogP contribution in [0.5, 0.6) is 0 Å². The van der Waals surface area contributed by atoms with Crippen molar-refractivity contribution in [1.29, 1.82) is 0 Å². The van der Waals surface area contributed by atoms with Gasteiger partial charge in [-0.2, -0.15) is 11.8 Å². The minimum absolute atomic E-state index is 0.0638. The maximum Gasteiger partial charge on any atom is 0.135 e. The van der Waals surface area contributed by atoms with Gasteiger partial charge in [-0.05, 0) is 24.7 Å². The summed E-state index contributed by atoms with van der Waals surface area (Å²) in [4.78, 5) is 8.85. The van der Waals surface area contributed by atoms with Crippen LogP contribution in [0, 0.1) is 0 Å². The summed E-state index contributed by atoms with van der Waals surface area (Å²) in [5, 5.41) is 14.2. The molecule has 1 heterocycles. The Balaban J connectivity index is 1.98. The summed E-state index contributed by atoms with van der Waals surface area (Å²) in [6, 6.07) is 1.86. The van der Waals surface area contributed by atoms with E-state index in [4.69, 9.17) is 0 Å². The van der Waals surface area contributed by atoms with Gasteiger partial charge in [-0.25, -0.2) is 9.97 Å². The van der Waals surface area contributed by atoms with Gasteiger partial charge in [-0.3, -0.25) is 0 Å². The van der Waals surface area contributed by atoms with E-state index in [1.165, 1.54) is 0 Å². The third-order valence-corrected chi connectivity index (χ3v) is 5.12. The normalized spacial score (nSPS) is 26.1. The topological polar surface area (TPSA) is 58.0 Å². The lowest BCUT2D eigenvalue weighted by Gasteiger charge is -2.45. The van der Waals surface area contributed by atoms with Crippen LogP contribution >= 0.6 is 11.8 Å². The Kier molecular flexibility index (Phi) is 4.59. The van der Waals surface area contributed by atoms with Crippen molar-refractivity contribution in [3.8, 4) is 0 Å². The van der Waals surface area contributed by atoms with Crippen molar-refractivity contribution in [1.82, 2.24) is 9.97 Å². The van der Waals surface area contributed by atoms with Crippen molar-refractivity contribution >= 4 is 17.6 Å². The third-order valence-electron chi connectivity index (χ3n) is 3.71. The van der Waals surface area contributed by atoms with Crippen LogP contribution in [0.15, 0.2) is 12.3 Å². The number of hydrogen-bond donors (Lipinski definition) is 2. The van der Waals surface area contributed by atoms with Crippen molar-refractivity contribution in [3.63, 3.8) is 0 Å². The highest BCUT2D eigenvalue weighted by Crippen LogP contribution is 2.41. The average Bonchev–Trinajstić information content (AvgIpc) is 2.40. The number of aromatic nitrogens is 2. The number of thioether (sulfide) groups is 1. The summed E-state index contributed by atoms with van der Waals surface area (Å²) in [6.45, 7) is 8.99. The molecule has 0 amide bonds. The molecule has 1 aromatic heterocycles. The highest BCUT2D eigenvalue weighted by Gasteiger charge is 2.45. The Labute approximate surface area is 125 Å². The van der Waals surface area contributed by atoms with E-state index in [1.807, 2.05) is 17.8 Å². The second-order valence-electron chi connectivity index (χ2n) is 6.46. The summed E-state index contributed by atoms with van der Waals surface area (Å²) in [5.41, 5.74) is -0.654. The quantitative estimate of drug-likeness (QED) is 0.875. The predicted octanol–water partition coefficient (Wildman–Crippen LogP) is 2.83. The molecule has 1 saturated carbocycles. The average molecular weight is 295 g/mol. The van der Waals surface area contributed by atoms with E-state index in [1.54, 1.807) is 6.20 Å². The van der Waals surface area contributed by atoms with Crippen LogP contribution < -0.4 is 5.32 Å². The maximum absolute atomic E-state index is 10.6. The maximum atomic E-state index is 10.6. The van der Waals surface area contributed by atoms with Crippen LogP contribution in [0.25, 0.3) is 0 Å². The number of rotatable bonds is 5. The molecule has 20 heavy (non-hydrogen) atoms. The highest BCUT2D eigenvalue weighted by atomic mass is 32.2. The largest absolute Gasteiger partial charge is 0.387 e. The van der Waals surface area contributed by atoms with Gasteiger partial charge in [0.2, 0.25) is 0 Å². The summed E-state index contributed by atoms with van der Waals surface area (Å²) in [5.74, 6) is 2.67. The molecule has 2 rings (SSSR count). The smallest absolute Gasteiger partial charge is 0.135 e.